The standard InChI is InChI=1S/C29H32N4O2S/c1-2-11-33-27(24-5-3-4-6-25(24)34)31-32-28(33)36-18-26(35)30-23-9-7-22(8-10-23)29-15-19-12-20(16-29)14-21(13-19)17-29/h2-10,19-21,34H,1,11-18H2,(H,30,35). The van der Waals surface area contributed by atoms with Crippen LogP contribution < -0.4 is 5.32 Å². The molecule has 0 spiro atoms. The second-order valence-electron chi connectivity index (χ2n) is 10.8. The summed E-state index contributed by atoms with van der Waals surface area (Å²) in [5.41, 5.74) is 3.26. The van der Waals surface area contributed by atoms with Crippen LogP contribution in [0.25, 0.3) is 11.4 Å². The Kier molecular flexibility index (Phi) is 6.12. The van der Waals surface area contributed by atoms with Crippen LogP contribution in [0.2, 0.25) is 0 Å². The molecule has 6 nitrogen and oxygen atoms in total. The molecule has 1 heterocycles. The van der Waals surface area contributed by atoms with Crippen molar-refractivity contribution in [2.75, 3.05) is 11.1 Å². The van der Waals surface area contributed by atoms with Crippen LogP contribution in [0.1, 0.15) is 44.1 Å². The highest BCUT2D eigenvalue weighted by Gasteiger charge is 2.51. The van der Waals surface area contributed by atoms with Crippen LogP contribution >= 0.6 is 11.8 Å². The molecule has 4 bridgehead atoms. The number of anilines is 1. The molecular formula is C29H32N4O2S. The second-order valence-corrected chi connectivity index (χ2v) is 11.8. The first-order chi connectivity index (χ1) is 17.5. The summed E-state index contributed by atoms with van der Waals surface area (Å²) < 4.78 is 1.86. The summed E-state index contributed by atoms with van der Waals surface area (Å²) in [5.74, 6) is 3.58. The van der Waals surface area contributed by atoms with Crippen LogP contribution in [0, 0.1) is 17.8 Å². The number of nitrogens with one attached hydrogen (secondary N) is 1. The molecule has 7 heteroatoms. The monoisotopic (exact) mass is 500 g/mol. The third kappa shape index (κ3) is 4.34. The van der Waals surface area contributed by atoms with Gasteiger partial charge in [0.05, 0.1) is 11.3 Å². The highest BCUT2D eigenvalue weighted by atomic mass is 32.2. The van der Waals surface area contributed by atoms with Gasteiger partial charge in [-0.25, -0.2) is 0 Å². The minimum absolute atomic E-state index is 0.0835. The number of aromatic hydroxyl groups is 1. The maximum atomic E-state index is 12.7. The Bertz CT molecular complexity index is 1250. The number of carbonyl (C=O) groups excluding carboxylic acids is 1. The topological polar surface area (TPSA) is 80.0 Å². The van der Waals surface area contributed by atoms with Crippen LogP contribution in [-0.4, -0.2) is 31.5 Å². The van der Waals surface area contributed by atoms with Crippen molar-refractivity contribution in [2.24, 2.45) is 17.8 Å². The van der Waals surface area contributed by atoms with E-state index in [1.807, 2.05) is 10.6 Å². The number of benzene rings is 2. The minimum Gasteiger partial charge on any atom is -0.507 e. The Labute approximate surface area is 216 Å². The Morgan fingerprint density at radius 2 is 1.72 bits per heavy atom. The van der Waals surface area contributed by atoms with Gasteiger partial charge in [0.25, 0.3) is 0 Å². The van der Waals surface area contributed by atoms with Crippen LogP contribution in [0.15, 0.2) is 66.3 Å². The van der Waals surface area contributed by atoms with E-state index in [9.17, 15) is 9.90 Å². The number of phenolic OH excluding ortho intramolecular Hbond substituents is 1. The molecule has 0 aliphatic heterocycles. The number of allylic oxidation sites excluding steroid dienone is 1. The molecule has 7 rings (SSSR count). The molecular weight excluding hydrogens is 468 g/mol. The lowest BCUT2D eigenvalue weighted by Gasteiger charge is -2.57. The van der Waals surface area contributed by atoms with Gasteiger partial charge in [0, 0.05) is 12.2 Å². The predicted molar refractivity (Wildman–Crippen MR) is 143 cm³/mol. The number of hydrogen-bond donors (Lipinski definition) is 2. The van der Waals surface area contributed by atoms with Crippen molar-refractivity contribution >= 4 is 23.4 Å². The summed E-state index contributed by atoms with van der Waals surface area (Å²) in [6.45, 7) is 4.30. The molecule has 36 heavy (non-hydrogen) atoms. The number of para-hydroxylation sites is 1. The molecule has 0 unspecified atom stereocenters. The van der Waals surface area contributed by atoms with Crippen molar-refractivity contribution in [2.45, 2.75) is 55.6 Å². The molecule has 0 radical (unpaired) electrons. The first-order valence-corrected chi connectivity index (χ1v) is 13.9. The Hall–Kier alpha value is -3.06. The van der Waals surface area contributed by atoms with Crippen LogP contribution in [0.3, 0.4) is 0 Å². The Morgan fingerprint density at radius 3 is 2.36 bits per heavy atom. The average Bonchev–Trinajstić information content (AvgIpc) is 3.25. The average molecular weight is 501 g/mol. The molecule has 4 saturated carbocycles. The normalized spacial score (nSPS) is 26.2. The first-order valence-electron chi connectivity index (χ1n) is 12.9. The highest BCUT2D eigenvalue weighted by molar-refractivity contribution is 7.99. The van der Waals surface area contributed by atoms with E-state index in [0.29, 0.717) is 28.5 Å². The fourth-order valence-electron chi connectivity index (χ4n) is 7.25. The highest BCUT2D eigenvalue weighted by Crippen LogP contribution is 2.60. The summed E-state index contributed by atoms with van der Waals surface area (Å²) in [4.78, 5) is 12.7. The van der Waals surface area contributed by atoms with Crippen LogP contribution in [0.4, 0.5) is 5.69 Å². The Morgan fingerprint density at radius 1 is 1.06 bits per heavy atom. The van der Waals surface area contributed by atoms with E-state index in [2.05, 4.69) is 46.4 Å². The van der Waals surface area contributed by atoms with Crippen molar-refractivity contribution in [1.29, 1.82) is 0 Å². The molecule has 2 aromatic carbocycles. The van der Waals surface area contributed by atoms with Gasteiger partial charge in [0.1, 0.15) is 5.75 Å². The van der Waals surface area contributed by atoms with Gasteiger partial charge < -0.3 is 10.4 Å². The largest absolute Gasteiger partial charge is 0.507 e. The summed E-state index contributed by atoms with van der Waals surface area (Å²) in [6.07, 6.45) is 10.1. The van der Waals surface area contributed by atoms with Crippen molar-refractivity contribution in [3.63, 3.8) is 0 Å². The molecule has 0 atom stereocenters. The lowest BCUT2D eigenvalue weighted by molar-refractivity contribution is -0.113. The molecule has 2 N–H and O–H groups in total. The number of nitrogens with zero attached hydrogens (tertiary/aromatic N) is 3. The summed E-state index contributed by atoms with van der Waals surface area (Å²) in [6, 6.07) is 15.6. The van der Waals surface area contributed by atoms with Gasteiger partial charge >= 0.3 is 0 Å². The summed E-state index contributed by atoms with van der Waals surface area (Å²) in [5, 5.41) is 22.4. The van der Waals surface area contributed by atoms with Crippen molar-refractivity contribution in [1.82, 2.24) is 14.8 Å². The number of aromatic nitrogens is 3. The van der Waals surface area contributed by atoms with Gasteiger partial charge in [-0.05, 0) is 91.5 Å². The maximum Gasteiger partial charge on any atom is 0.234 e. The van der Waals surface area contributed by atoms with Gasteiger partial charge in [-0.1, -0.05) is 42.1 Å². The molecule has 0 saturated heterocycles. The number of phenols is 1. The van der Waals surface area contributed by atoms with Crippen molar-refractivity contribution < 1.29 is 9.90 Å². The van der Waals surface area contributed by atoms with E-state index >= 15 is 0 Å². The van der Waals surface area contributed by atoms with E-state index in [-0.39, 0.29) is 17.4 Å². The van der Waals surface area contributed by atoms with Crippen molar-refractivity contribution in [3.05, 3.63) is 66.7 Å². The zero-order valence-corrected chi connectivity index (χ0v) is 21.2. The van der Waals surface area contributed by atoms with E-state index in [1.165, 1.54) is 55.9 Å². The predicted octanol–water partition coefficient (Wildman–Crippen LogP) is 6.04. The zero-order chi connectivity index (χ0) is 24.7. The third-order valence-corrected chi connectivity index (χ3v) is 9.29. The zero-order valence-electron chi connectivity index (χ0n) is 20.4. The molecule has 3 aromatic rings. The third-order valence-electron chi connectivity index (χ3n) is 8.33. The minimum atomic E-state index is -0.0835. The number of thioether (sulfide) groups is 1. The molecule has 4 aliphatic rings. The fraction of sp³-hybridized carbons (Fsp3) is 0.414. The van der Waals surface area contributed by atoms with Crippen LogP contribution in [0.5, 0.6) is 5.75 Å². The van der Waals surface area contributed by atoms with Gasteiger partial charge in [-0.2, -0.15) is 0 Å². The van der Waals surface area contributed by atoms with Gasteiger partial charge in [0.15, 0.2) is 11.0 Å². The number of hydrogen-bond acceptors (Lipinski definition) is 5. The molecule has 186 valence electrons. The van der Waals surface area contributed by atoms with Gasteiger partial charge in [-0.15, -0.1) is 16.8 Å². The summed E-state index contributed by atoms with van der Waals surface area (Å²) in [7, 11) is 0. The lowest BCUT2D eigenvalue weighted by Crippen LogP contribution is -2.48. The van der Waals surface area contributed by atoms with Gasteiger partial charge in [-0.3, -0.25) is 9.36 Å². The van der Waals surface area contributed by atoms with E-state index in [4.69, 9.17) is 0 Å². The smallest absolute Gasteiger partial charge is 0.234 e. The molecule has 4 fully saturated rings. The SMILES string of the molecule is C=CCn1c(SCC(=O)Nc2ccc(C34CC5CC(CC(C5)C3)C4)cc2)nnc1-c1ccccc1O. The lowest BCUT2D eigenvalue weighted by atomic mass is 9.48. The van der Waals surface area contributed by atoms with Crippen molar-refractivity contribution in [3.8, 4) is 17.1 Å². The molecule has 1 aromatic heterocycles. The van der Waals surface area contributed by atoms with E-state index in [1.54, 1.807) is 24.3 Å². The van der Waals surface area contributed by atoms with E-state index in [0.717, 1.165) is 23.4 Å². The number of carbonyl (C=O) groups is 1. The quantitative estimate of drug-likeness (QED) is 0.291. The molecule has 1 amide bonds. The van der Waals surface area contributed by atoms with Gasteiger partial charge in [0.2, 0.25) is 5.91 Å². The van der Waals surface area contributed by atoms with Crippen LogP contribution in [-0.2, 0) is 16.8 Å². The fourth-order valence-corrected chi connectivity index (χ4v) is 8.00. The Balaban J connectivity index is 1.11. The number of rotatable bonds is 8. The van der Waals surface area contributed by atoms with E-state index < -0.39 is 0 Å². The molecule has 4 aliphatic carbocycles. The maximum absolute atomic E-state index is 12.7. The first kappa shape index (κ1) is 23.3. The summed E-state index contributed by atoms with van der Waals surface area (Å²) >= 11 is 1.33. The number of amides is 1. The second kappa shape index (κ2) is 9.43.